The average molecular weight is 461 g/mol. The highest BCUT2D eigenvalue weighted by Crippen LogP contribution is 2.42. The minimum atomic E-state index is -0.756. The second kappa shape index (κ2) is 8.74. The highest BCUT2D eigenvalue weighted by molar-refractivity contribution is 6.04. The van der Waals surface area contributed by atoms with Gasteiger partial charge in [-0.15, -0.1) is 0 Å². The molecule has 0 unspecified atom stereocenters. The summed E-state index contributed by atoms with van der Waals surface area (Å²) in [6.45, 7) is 9.20. The van der Waals surface area contributed by atoms with Crippen molar-refractivity contribution in [3.8, 4) is 28.0 Å². The van der Waals surface area contributed by atoms with Gasteiger partial charge in [0.25, 0.3) is 0 Å². The van der Waals surface area contributed by atoms with E-state index in [4.69, 9.17) is 14.2 Å². The number of ether oxygens (including phenoxy) is 3. The maximum absolute atomic E-state index is 14.1. The molecule has 0 fully saturated rings. The summed E-state index contributed by atoms with van der Waals surface area (Å²) >= 11 is 0. The fourth-order valence-corrected chi connectivity index (χ4v) is 3.79. The number of rotatable bonds is 4. The molecule has 0 atom stereocenters. The van der Waals surface area contributed by atoms with Crippen molar-refractivity contribution in [1.82, 2.24) is 4.98 Å². The van der Waals surface area contributed by atoms with E-state index in [1.54, 1.807) is 51.1 Å². The summed E-state index contributed by atoms with van der Waals surface area (Å²) in [5, 5.41) is 0. The van der Waals surface area contributed by atoms with Crippen LogP contribution in [0.3, 0.4) is 0 Å². The second-order valence-electron chi connectivity index (χ2n) is 8.81. The fraction of sp³-hybridized carbons (Fsp3) is 0.222. The third-order valence-corrected chi connectivity index (χ3v) is 5.27. The molecule has 1 aromatic heterocycles. The molecule has 4 rings (SSSR count). The molecule has 2 heterocycles. The maximum atomic E-state index is 14.1. The first-order valence-corrected chi connectivity index (χ1v) is 10.7. The van der Waals surface area contributed by atoms with Gasteiger partial charge < -0.3 is 14.2 Å². The van der Waals surface area contributed by atoms with E-state index in [0.29, 0.717) is 33.7 Å². The number of carbonyl (C=O) groups is 2. The van der Waals surface area contributed by atoms with Crippen LogP contribution in [0.15, 0.2) is 49.0 Å². The van der Waals surface area contributed by atoms with Crippen molar-refractivity contribution >= 4 is 18.0 Å². The minimum absolute atomic E-state index is 0.0350. The summed E-state index contributed by atoms with van der Waals surface area (Å²) in [5.74, 6) is -1.15. The summed E-state index contributed by atoms with van der Waals surface area (Å²) in [4.78, 5) is 30.2. The molecular weight excluding hydrogens is 437 g/mol. The topological polar surface area (TPSA) is 74.7 Å². The SMILES string of the molecule is C=Cc1ccc(-c2cc3c(cc2C(=O)OC(C)(C)C)-c2cc(F)ccc2OC3)c(C(=O)OC)n1. The second-order valence-corrected chi connectivity index (χ2v) is 8.81. The number of methoxy groups -OCH3 is 1. The summed E-state index contributed by atoms with van der Waals surface area (Å²) in [6.07, 6.45) is 1.51. The van der Waals surface area contributed by atoms with E-state index in [0.717, 1.165) is 5.56 Å². The van der Waals surface area contributed by atoms with Crippen LogP contribution in [-0.2, 0) is 16.1 Å². The van der Waals surface area contributed by atoms with Gasteiger partial charge in [-0.1, -0.05) is 6.58 Å². The highest BCUT2D eigenvalue weighted by Gasteiger charge is 2.28. The lowest BCUT2D eigenvalue weighted by Gasteiger charge is -2.25. The number of esters is 2. The Morgan fingerprint density at radius 3 is 2.47 bits per heavy atom. The lowest BCUT2D eigenvalue weighted by molar-refractivity contribution is 0.00701. The number of aromatic nitrogens is 1. The maximum Gasteiger partial charge on any atom is 0.357 e. The quantitative estimate of drug-likeness (QED) is 0.455. The lowest BCUT2D eigenvalue weighted by Crippen LogP contribution is -2.24. The van der Waals surface area contributed by atoms with E-state index in [9.17, 15) is 14.0 Å². The molecule has 174 valence electrons. The van der Waals surface area contributed by atoms with E-state index < -0.39 is 23.4 Å². The van der Waals surface area contributed by atoms with Gasteiger partial charge in [-0.25, -0.2) is 19.0 Å². The Kier molecular flexibility index (Phi) is 5.96. The van der Waals surface area contributed by atoms with Gasteiger partial charge in [0.2, 0.25) is 0 Å². The zero-order chi connectivity index (χ0) is 24.6. The van der Waals surface area contributed by atoms with Gasteiger partial charge in [0.05, 0.1) is 18.4 Å². The number of pyridine rings is 1. The lowest BCUT2D eigenvalue weighted by atomic mass is 9.88. The zero-order valence-electron chi connectivity index (χ0n) is 19.4. The predicted molar refractivity (Wildman–Crippen MR) is 126 cm³/mol. The first-order valence-electron chi connectivity index (χ1n) is 10.7. The Labute approximate surface area is 197 Å². The molecule has 0 radical (unpaired) electrons. The van der Waals surface area contributed by atoms with Crippen LogP contribution in [0, 0.1) is 5.82 Å². The molecule has 7 heteroatoms. The summed E-state index contributed by atoms with van der Waals surface area (Å²) in [5.41, 5.74) is 2.71. The smallest absolute Gasteiger partial charge is 0.357 e. The van der Waals surface area contributed by atoms with Crippen LogP contribution in [-0.4, -0.2) is 29.6 Å². The van der Waals surface area contributed by atoms with E-state index in [1.807, 2.05) is 0 Å². The number of halogens is 1. The first-order chi connectivity index (χ1) is 16.1. The molecule has 0 N–H and O–H groups in total. The van der Waals surface area contributed by atoms with Crippen LogP contribution in [0.25, 0.3) is 28.3 Å². The molecule has 0 saturated heterocycles. The van der Waals surface area contributed by atoms with Crippen LogP contribution >= 0.6 is 0 Å². The van der Waals surface area contributed by atoms with Crippen molar-refractivity contribution in [2.24, 2.45) is 0 Å². The molecule has 0 amide bonds. The number of nitrogens with zero attached hydrogens (tertiary/aromatic N) is 1. The molecule has 6 nitrogen and oxygen atoms in total. The monoisotopic (exact) mass is 461 g/mol. The predicted octanol–water partition coefficient (Wildman–Crippen LogP) is 5.83. The van der Waals surface area contributed by atoms with Crippen LogP contribution in [0.2, 0.25) is 0 Å². The Morgan fingerprint density at radius 2 is 1.79 bits per heavy atom. The van der Waals surface area contributed by atoms with Crippen molar-refractivity contribution in [1.29, 1.82) is 0 Å². The minimum Gasteiger partial charge on any atom is -0.488 e. The molecule has 0 aliphatic carbocycles. The van der Waals surface area contributed by atoms with E-state index in [-0.39, 0.29) is 17.9 Å². The molecule has 3 aromatic rings. The molecule has 0 spiro atoms. The van der Waals surface area contributed by atoms with Gasteiger partial charge >= 0.3 is 11.9 Å². The zero-order valence-corrected chi connectivity index (χ0v) is 19.4. The fourth-order valence-electron chi connectivity index (χ4n) is 3.79. The van der Waals surface area contributed by atoms with Gasteiger partial charge in [0.15, 0.2) is 5.69 Å². The van der Waals surface area contributed by atoms with Gasteiger partial charge in [0, 0.05) is 11.1 Å². The normalized spacial score (nSPS) is 12.1. The molecule has 0 bridgehead atoms. The largest absolute Gasteiger partial charge is 0.488 e. The molecule has 1 aliphatic rings. The van der Waals surface area contributed by atoms with Crippen molar-refractivity contribution in [2.75, 3.05) is 7.11 Å². The molecule has 2 aromatic carbocycles. The van der Waals surface area contributed by atoms with Crippen molar-refractivity contribution in [3.63, 3.8) is 0 Å². The van der Waals surface area contributed by atoms with Crippen LogP contribution < -0.4 is 4.74 Å². The third-order valence-electron chi connectivity index (χ3n) is 5.27. The first kappa shape index (κ1) is 23.2. The molecular formula is C27H24FNO5. The van der Waals surface area contributed by atoms with Crippen molar-refractivity contribution in [3.05, 3.63) is 77.4 Å². The summed E-state index contributed by atoms with van der Waals surface area (Å²) in [7, 11) is 1.26. The number of hydrogen-bond acceptors (Lipinski definition) is 6. The van der Waals surface area contributed by atoms with E-state index >= 15 is 0 Å². The van der Waals surface area contributed by atoms with Gasteiger partial charge in [-0.3, -0.25) is 0 Å². The van der Waals surface area contributed by atoms with Gasteiger partial charge in [-0.2, -0.15) is 0 Å². The van der Waals surface area contributed by atoms with Crippen LogP contribution in [0.1, 0.15) is 52.9 Å². The van der Waals surface area contributed by atoms with Crippen molar-refractivity contribution in [2.45, 2.75) is 33.0 Å². The molecule has 1 aliphatic heterocycles. The number of benzene rings is 2. The van der Waals surface area contributed by atoms with Crippen LogP contribution in [0.4, 0.5) is 4.39 Å². The Balaban J connectivity index is 2.00. The molecule has 0 saturated carbocycles. The molecule has 34 heavy (non-hydrogen) atoms. The van der Waals surface area contributed by atoms with Crippen molar-refractivity contribution < 1.29 is 28.2 Å². The average Bonchev–Trinajstić information content (AvgIpc) is 2.81. The number of carbonyl (C=O) groups excluding carboxylic acids is 2. The summed E-state index contributed by atoms with van der Waals surface area (Å²) < 4.78 is 30.5. The highest BCUT2D eigenvalue weighted by atomic mass is 19.1. The number of hydrogen-bond donors (Lipinski definition) is 0. The van der Waals surface area contributed by atoms with E-state index in [1.165, 1.54) is 25.3 Å². The third kappa shape index (κ3) is 4.41. The van der Waals surface area contributed by atoms with Gasteiger partial charge in [-0.05, 0) is 86.0 Å². The van der Waals surface area contributed by atoms with Crippen LogP contribution in [0.5, 0.6) is 5.75 Å². The Bertz CT molecular complexity index is 1320. The summed E-state index contributed by atoms with van der Waals surface area (Å²) in [6, 6.07) is 11.0. The Morgan fingerprint density at radius 1 is 1.03 bits per heavy atom. The Hall–Kier alpha value is -4.00. The standard InChI is InChI=1S/C27H24FNO5/c1-6-17-8-9-18(24(29-17)26(31)32-5)20-11-15-14-33-23-10-7-16(28)12-21(23)19(15)13-22(20)25(30)34-27(2,3)4/h6-13H,1,14H2,2-5H3. The van der Waals surface area contributed by atoms with E-state index in [2.05, 4.69) is 11.6 Å². The van der Waals surface area contributed by atoms with Gasteiger partial charge in [0.1, 0.15) is 23.8 Å². The number of fused-ring (bicyclic) bond motifs is 3.